The predicted molar refractivity (Wildman–Crippen MR) is 84.1 cm³/mol. The zero-order valence-corrected chi connectivity index (χ0v) is 13.0. The van der Waals surface area contributed by atoms with Gasteiger partial charge in [-0.15, -0.1) is 0 Å². The highest BCUT2D eigenvalue weighted by Gasteiger charge is 2.16. The number of rotatable bonds is 3. The van der Waals surface area contributed by atoms with E-state index in [9.17, 15) is 4.79 Å². The summed E-state index contributed by atoms with van der Waals surface area (Å²) in [4.78, 5) is 16.3. The van der Waals surface area contributed by atoms with E-state index in [4.69, 9.17) is 16.3 Å². The topological polar surface area (TPSA) is 56.5 Å². The summed E-state index contributed by atoms with van der Waals surface area (Å²) in [5, 5.41) is 4.98. The summed E-state index contributed by atoms with van der Waals surface area (Å²) in [5.41, 5.74) is 3.57. The Kier molecular flexibility index (Phi) is 3.81. The largest absolute Gasteiger partial charge is 0.462 e. The van der Waals surface area contributed by atoms with Crippen LogP contribution in [0.1, 0.15) is 23.0 Å². The summed E-state index contributed by atoms with van der Waals surface area (Å²) in [7, 11) is 0. The third-order valence-electron chi connectivity index (χ3n) is 3.40. The second kappa shape index (κ2) is 5.77. The number of hydrogen-bond donors (Lipinski definition) is 0. The molecule has 2 heterocycles. The third-order valence-corrected chi connectivity index (χ3v) is 3.63. The smallest absolute Gasteiger partial charge is 0.341 e. The van der Waals surface area contributed by atoms with Gasteiger partial charge in [-0.2, -0.15) is 5.10 Å². The lowest BCUT2D eigenvalue weighted by molar-refractivity contribution is 0.0524. The maximum absolute atomic E-state index is 11.9. The Morgan fingerprint density at radius 1 is 1.36 bits per heavy atom. The van der Waals surface area contributed by atoms with E-state index in [0.717, 1.165) is 11.1 Å². The van der Waals surface area contributed by atoms with Crippen LogP contribution in [0.3, 0.4) is 0 Å². The van der Waals surface area contributed by atoms with E-state index in [2.05, 4.69) is 10.1 Å². The van der Waals surface area contributed by atoms with Gasteiger partial charge in [0.15, 0.2) is 5.65 Å². The van der Waals surface area contributed by atoms with Gasteiger partial charge in [0, 0.05) is 16.8 Å². The molecule has 0 aliphatic rings. The van der Waals surface area contributed by atoms with E-state index in [-0.39, 0.29) is 0 Å². The van der Waals surface area contributed by atoms with Crippen LogP contribution in [-0.4, -0.2) is 27.2 Å². The Morgan fingerprint density at radius 2 is 2.18 bits per heavy atom. The molecule has 3 aromatic rings. The minimum atomic E-state index is -0.394. The lowest BCUT2D eigenvalue weighted by Crippen LogP contribution is -2.11. The van der Waals surface area contributed by atoms with Crippen molar-refractivity contribution in [1.29, 1.82) is 0 Å². The summed E-state index contributed by atoms with van der Waals surface area (Å²) >= 11 is 6.04. The van der Waals surface area contributed by atoms with Crippen molar-refractivity contribution in [3.05, 3.63) is 52.9 Å². The summed E-state index contributed by atoms with van der Waals surface area (Å²) in [6.45, 7) is 3.91. The fourth-order valence-corrected chi connectivity index (χ4v) is 2.50. The molecule has 0 fully saturated rings. The van der Waals surface area contributed by atoms with Crippen LogP contribution in [-0.2, 0) is 4.74 Å². The number of esters is 1. The number of aryl methyl sites for hydroxylation is 1. The van der Waals surface area contributed by atoms with Gasteiger partial charge in [0.2, 0.25) is 0 Å². The SMILES string of the molecule is CCOC(=O)c1cnc2c(-c3cccc(Cl)c3)cnn2c1C. The molecule has 0 saturated carbocycles. The van der Waals surface area contributed by atoms with Crippen molar-refractivity contribution in [2.75, 3.05) is 6.61 Å². The first-order valence-electron chi connectivity index (χ1n) is 6.88. The van der Waals surface area contributed by atoms with E-state index in [1.165, 1.54) is 6.20 Å². The number of nitrogens with zero attached hydrogens (tertiary/aromatic N) is 3. The number of aromatic nitrogens is 3. The molecular formula is C16H14ClN3O2. The molecule has 112 valence electrons. The minimum absolute atomic E-state index is 0.323. The Hall–Kier alpha value is -2.40. The fraction of sp³-hybridized carbons (Fsp3) is 0.188. The van der Waals surface area contributed by atoms with Crippen molar-refractivity contribution in [3.8, 4) is 11.1 Å². The molecule has 0 spiro atoms. The molecule has 0 unspecified atom stereocenters. The van der Waals surface area contributed by atoms with Gasteiger partial charge < -0.3 is 4.74 Å². The lowest BCUT2D eigenvalue weighted by Gasteiger charge is -2.07. The minimum Gasteiger partial charge on any atom is -0.462 e. The first-order chi connectivity index (χ1) is 10.6. The molecule has 6 heteroatoms. The standard InChI is InChI=1S/C16H14ClN3O2/c1-3-22-16(21)13-8-18-15-14(9-19-20(15)10(13)2)11-5-4-6-12(17)7-11/h4-9H,3H2,1-2H3. The molecule has 0 aliphatic heterocycles. The lowest BCUT2D eigenvalue weighted by atomic mass is 10.1. The second-order valence-corrected chi connectivity index (χ2v) is 5.22. The van der Waals surface area contributed by atoms with Crippen LogP contribution < -0.4 is 0 Å². The van der Waals surface area contributed by atoms with E-state index < -0.39 is 5.97 Å². The molecule has 22 heavy (non-hydrogen) atoms. The number of carbonyl (C=O) groups is 1. The van der Waals surface area contributed by atoms with Crippen molar-refractivity contribution in [2.24, 2.45) is 0 Å². The summed E-state index contributed by atoms with van der Waals surface area (Å²) in [6, 6.07) is 7.49. The Balaban J connectivity index is 2.14. The van der Waals surface area contributed by atoms with Gasteiger partial charge in [0.1, 0.15) is 0 Å². The maximum atomic E-state index is 11.9. The molecule has 0 bridgehead atoms. The zero-order valence-electron chi connectivity index (χ0n) is 12.2. The van der Waals surface area contributed by atoms with Crippen LogP contribution in [0.2, 0.25) is 5.02 Å². The quantitative estimate of drug-likeness (QED) is 0.694. The van der Waals surface area contributed by atoms with Gasteiger partial charge >= 0.3 is 5.97 Å². The van der Waals surface area contributed by atoms with E-state index in [1.54, 1.807) is 17.6 Å². The third kappa shape index (κ3) is 2.44. The first-order valence-corrected chi connectivity index (χ1v) is 7.26. The molecule has 3 rings (SSSR count). The van der Waals surface area contributed by atoms with E-state index in [1.807, 2.05) is 31.2 Å². The molecule has 0 N–H and O–H groups in total. The number of carbonyl (C=O) groups excluding carboxylic acids is 1. The monoisotopic (exact) mass is 315 g/mol. The average Bonchev–Trinajstić information content (AvgIpc) is 2.92. The molecule has 5 nitrogen and oxygen atoms in total. The second-order valence-electron chi connectivity index (χ2n) is 4.78. The van der Waals surface area contributed by atoms with Gasteiger partial charge in [-0.05, 0) is 31.5 Å². The molecule has 0 aliphatic carbocycles. The van der Waals surface area contributed by atoms with Gasteiger partial charge in [0.05, 0.1) is 24.1 Å². The van der Waals surface area contributed by atoms with Crippen LogP contribution in [0.5, 0.6) is 0 Å². The number of halogens is 1. The van der Waals surface area contributed by atoms with Crippen LogP contribution >= 0.6 is 11.6 Å². The molecule has 1 aromatic carbocycles. The molecular weight excluding hydrogens is 302 g/mol. The molecule has 0 atom stereocenters. The Labute approximate surface area is 132 Å². The Bertz CT molecular complexity index is 858. The van der Waals surface area contributed by atoms with Crippen LogP contribution in [0.15, 0.2) is 36.7 Å². The summed E-state index contributed by atoms with van der Waals surface area (Å²) in [5.74, 6) is -0.394. The van der Waals surface area contributed by atoms with Crippen molar-refractivity contribution in [1.82, 2.24) is 14.6 Å². The molecule has 0 radical (unpaired) electrons. The zero-order chi connectivity index (χ0) is 15.7. The number of hydrogen-bond acceptors (Lipinski definition) is 4. The highest BCUT2D eigenvalue weighted by atomic mass is 35.5. The van der Waals surface area contributed by atoms with E-state index >= 15 is 0 Å². The van der Waals surface area contributed by atoms with E-state index in [0.29, 0.717) is 28.5 Å². The van der Waals surface area contributed by atoms with Crippen molar-refractivity contribution >= 4 is 23.2 Å². The van der Waals surface area contributed by atoms with Gasteiger partial charge in [-0.3, -0.25) is 0 Å². The summed E-state index contributed by atoms with van der Waals surface area (Å²) < 4.78 is 6.67. The fourth-order valence-electron chi connectivity index (χ4n) is 2.31. The highest BCUT2D eigenvalue weighted by molar-refractivity contribution is 6.30. The van der Waals surface area contributed by atoms with Crippen LogP contribution in [0.4, 0.5) is 0 Å². The van der Waals surface area contributed by atoms with Gasteiger partial charge in [0.25, 0.3) is 0 Å². The summed E-state index contributed by atoms with van der Waals surface area (Å²) in [6.07, 6.45) is 3.24. The number of benzene rings is 1. The van der Waals surface area contributed by atoms with Crippen LogP contribution in [0, 0.1) is 6.92 Å². The molecule has 0 amide bonds. The Morgan fingerprint density at radius 3 is 2.91 bits per heavy atom. The van der Waals surface area contributed by atoms with Gasteiger partial charge in [-0.1, -0.05) is 23.7 Å². The molecule has 2 aromatic heterocycles. The number of ether oxygens (including phenoxy) is 1. The average molecular weight is 316 g/mol. The van der Waals surface area contributed by atoms with Crippen LogP contribution in [0.25, 0.3) is 16.8 Å². The van der Waals surface area contributed by atoms with Crippen molar-refractivity contribution in [3.63, 3.8) is 0 Å². The first kappa shape index (κ1) is 14.5. The maximum Gasteiger partial charge on any atom is 0.341 e. The highest BCUT2D eigenvalue weighted by Crippen LogP contribution is 2.26. The predicted octanol–water partition coefficient (Wildman–Crippen LogP) is 3.53. The van der Waals surface area contributed by atoms with Gasteiger partial charge in [-0.25, -0.2) is 14.3 Å². The number of fused-ring (bicyclic) bond motifs is 1. The molecule has 0 saturated heterocycles. The van der Waals surface area contributed by atoms with Crippen molar-refractivity contribution < 1.29 is 9.53 Å². The normalized spacial score (nSPS) is 10.9. The van der Waals surface area contributed by atoms with Crippen molar-refractivity contribution in [2.45, 2.75) is 13.8 Å².